The minimum absolute atomic E-state index is 0. The predicted octanol–water partition coefficient (Wildman–Crippen LogP) is 1.02. The zero-order chi connectivity index (χ0) is 3.58. The molecular formula is C2H2AlF2. The third-order valence-corrected chi connectivity index (χ3v) is 0. The summed E-state index contributed by atoms with van der Waals surface area (Å²) in [5, 5.41) is 0. The third kappa shape index (κ3) is 1070. The Hall–Kier alpha value is 0.132. The Morgan fingerprint density at radius 3 is 1.40 bits per heavy atom. The summed E-state index contributed by atoms with van der Waals surface area (Å²) in [5.41, 5.74) is 0. The van der Waals surface area contributed by atoms with E-state index >= 15 is 0 Å². The van der Waals surface area contributed by atoms with Crippen molar-refractivity contribution in [2.24, 2.45) is 0 Å². The van der Waals surface area contributed by atoms with Gasteiger partial charge in [-0.2, -0.15) is 8.78 Å². The van der Waals surface area contributed by atoms with Gasteiger partial charge in [-0.15, -0.1) is 0 Å². The molecule has 0 aliphatic carbocycles. The molecule has 0 aliphatic rings. The van der Waals surface area contributed by atoms with Crippen LogP contribution in [-0.2, 0) is 0 Å². The highest BCUT2D eigenvalue weighted by molar-refractivity contribution is 5.75. The van der Waals surface area contributed by atoms with Crippen molar-refractivity contribution in [2.45, 2.75) is 0 Å². The van der Waals surface area contributed by atoms with Gasteiger partial charge in [0.25, 0.3) is 6.08 Å². The van der Waals surface area contributed by atoms with Crippen molar-refractivity contribution in [3.05, 3.63) is 12.7 Å². The molecule has 5 heavy (non-hydrogen) atoms. The second kappa shape index (κ2) is 4.13. The molecule has 0 amide bonds. The molecule has 0 heterocycles. The van der Waals surface area contributed by atoms with Crippen LogP contribution in [0.25, 0.3) is 0 Å². The molecule has 0 aromatic carbocycles. The SMILES string of the molecule is C=C(F)F.[Al]. The lowest BCUT2D eigenvalue weighted by Gasteiger charge is -1.54. The van der Waals surface area contributed by atoms with E-state index in [4.69, 9.17) is 0 Å². The molecule has 0 spiro atoms. The summed E-state index contributed by atoms with van der Waals surface area (Å²) >= 11 is 0. The third-order valence-electron chi connectivity index (χ3n) is 0. The summed E-state index contributed by atoms with van der Waals surface area (Å²) in [6.45, 7) is 2.22. The first-order valence-electron chi connectivity index (χ1n) is 0.732. The first-order valence-corrected chi connectivity index (χ1v) is 0.732. The van der Waals surface area contributed by atoms with Crippen LogP contribution in [0.3, 0.4) is 0 Å². The van der Waals surface area contributed by atoms with Gasteiger partial charge < -0.3 is 0 Å². The van der Waals surface area contributed by atoms with Gasteiger partial charge in [-0.3, -0.25) is 0 Å². The van der Waals surface area contributed by atoms with Crippen molar-refractivity contribution in [1.29, 1.82) is 0 Å². The van der Waals surface area contributed by atoms with Crippen LogP contribution in [0.4, 0.5) is 8.78 Å². The molecule has 0 nitrogen and oxygen atoms in total. The molecule has 0 unspecified atom stereocenters. The number of hydrogen-bond acceptors (Lipinski definition) is 0. The van der Waals surface area contributed by atoms with Crippen molar-refractivity contribution >= 4 is 17.4 Å². The molecule has 0 fully saturated rings. The van der Waals surface area contributed by atoms with Gasteiger partial charge >= 0.3 is 0 Å². The molecule has 3 radical (unpaired) electrons. The van der Waals surface area contributed by atoms with E-state index in [-0.39, 0.29) is 17.4 Å². The lowest BCUT2D eigenvalue weighted by Crippen LogP contribution is -1.33. The molecule has 0 aromatic heterocycles. The van der Waals surface area contributed by atoms with E-state index in [1.807, 2.05) is 0 Å². The maximum atomic E-state index is 10.1. The molecular weight excluding hydrogens is 89.0 g/mol. The van der Waals surface area contributed by atoms with Gasteiger partial charge in [-0.05, 0) is 6.58 Å². The fourth-order valence-electron chi connectivity index (χ4n) is 0. The smallest absolute Gasteiger partial charge is 0.174 e. The zero-order valence-electron chi connectivity index (χ0n) is 2.54. The average Bonchev–Trinajstić information content (AvgIpc) is 0.811. The van der Waals surface area contributed by atoms with Crippen LogP contribution in [0.5, 0.6) is 0 Å². The molecule has 0 aromatic rings. The number of halogens is 2. The Morgan fingerprint density at radius 1 is 1.40 bits per heavy atom. The molecule has 0 atom stereocenters. The Bertz CT molecular complexity index is 30.6. The van der Waals surface area contributed by atoms with E-state index in [1.165, 1.54) is 0 Å². The largest absolute Gasteiger partial charge is 0.263 e. The highest BCUT2D eigenvalue weighted by Gasteiger charge is 1.65. The standard InChI is InChI=1S/C2H2F2.Al/c1-2(3)4;/h1H2;. The van der Waals surface area contributed by atoms with Gasteiger partial charge in [0.05, 0.1) is 0 Å². The van der Waals surface area contributed by atoms with Crippen molar-refractivity contribution in [2.75, 3.05) is 0 Å². The Labute approximate surface area is 39.6 Å². The van der Waals surface area contributed by atoms with E-state index < -0.39 is 6.08 Å². The minimum Gasteiger partial charge on any atom is -0.174 e. The first-order chi connectivity index (χ1) is 1.73. The molecule has 0 saturated heterocycles. The normalized spacial score (nSPS) is 5.20. The van der Waals surface area contributed by atoms with Gasteiger partial charge in [0, 0.05) is 17.4 Å². The van der Waals surface area contributed by atoms with Crippen LogP contribution in [-0.4, -0.2) is 17.4 Å². The molecule has 0 bridgehead atoms. The summed E-state index contributed by atoms with van der Waals surface area (Å²) in [6.07, 6.45) is -1.83. The van der Waals surface area contributed by atoms with Gasteiger partial charge in [0.1, 0.15) is 0 Å². The van der Waals surface area contributed by atoms with Crippen LogP contribution in [0.15, 0.2) is 12.7 Å². The van der Waals surface area contributed by atoms with E-state index in [0.717, 1.165) is 0 Å². The summed E-state index contributed by atoms with van der Waals surface area (Å²) in [7, 11) is 0. The van der Waals surface area contributed by atoms with Crippen molar-refractivity contribution in [1.82, 2.24) is 0 Å². The molecule has 3 heteroatoms. The summed E-state index contributed by atoms with van der Waals surface area (Å²) in [5.74, 6) is 0. The Kier molecular flexibility index (Phi) is 7.38. The predicted molar refractivity (Wildman–Crippen MR) is 17.1 cm³/mol. The first kappa shape index (κ1) is 8.93. The average molecular weight is 91.0 g/mol. The summed E-state index contributed by atoms with van der Waals surface area (Å²) in [6, 6.07) is 0. The molecule has 0 saturated carbocycles. The van der Waals surface area contributed by atoms with Gasteiger partial charge in [-0.25, -0.2) is 0 Å². The number of rotatable bonds is 0. The molecule has 0 rings (SSSR count). The van der Waals surface area contributed by atoms with E-state index in [1.54, 1.807) is 0 Å². The number of hydrogen-bond donors (Lipinski definition) is 0. The van der Waals surface area contributed by atoms with Gasteiger partial charge in [-0.1, -0.05) is 0 Å². The van der Waals surface area contributed by atoms with Crippen molar-refractivity contribution < 1.29 is 8.78 Å². The van der Waals surface area contributed by atoms with E-state index in [9.17, 15) is 8.78 Å². The second-order valence-corrected chi connectivity index (χ2v) is 0.339. The highest BCUT2D eigenvalue weighted by Crippen LogP contribution is 1.85. The highest BCUT2D eigenvalue weighted by atomic mass is 27.0. The van der Waals surface area contributed by atoms with Crippen molar-refractivity contribution in [3.63, 3.8) is 0 Å². The van der Waals surface area contributed by atoms with Crippen molar-refractivity contribution in [3.8, 4) is 0 Å². The Balaban J connectivity index is 0. The monoisotopic (exact) mass is 91.0 g/mol. The maximum Gasteiger partial charge on any atom is 0.263 e. The maximum absolute atomic E-state index is 10.1. The van der Waals surface area contributed by atoms with Crippen LogP contribution in [0.1, 0.15) is 0 Å². The van der Waals surface area contributed by atoms with E-state index in [0.29, 0.717) is 0 Å². The van der Waals surface area contributed by atoms with Gasteiger partial charge in [0.15, 0.2) is 0 Å². The Morgan fingerprint density at radius 2 is 1.40 bits per heavy atom. The lowest BCUT2D eigenvalue weighted by atomic mass is 11.2. The lowest BCUT2D eigenvalue weighted by molar-refractivity contribution is 0.426. The fraction of sp³-hybridized carbons (Fsp3) is 0. The molecule has 27 valence electrons. The zero-order valence-corrected chi connectivity index (χ0v) is 3.70. The van der Waals surface area contributed by atoms with Crippen LogP contribution < -0.4 is 0 Å². The quantitative estimate of drug-likeness (QED) is 0.390. The summed E-state index contributed by atoms with van der Waals surface area (Å²) in [4.78, 5) is 0. The van der Waals surface area contributed by atoms with Gasteiger partial charge in [0.2, 0.25) is 0 Å². The minimum atomic E-state index is -1.83. The molecule has 0 N–H and O–H groups in total. The van der Waals surface area contributed by atoms with Crippen LogP contribution in [0, 0.1) is 0 Å². The topological polar surface area (TPSA) is 0 Å². The fourth-order valence-corrected chi connectivity index (χ4v) is 0. The summed E-state index contributed by atoms with van der Waals surface area (Å²) < 4.78 is 20.3. The molecule has 0 aliphatic heterocycles. The van der Waals surface area contributed by atoms with Crippen LogP contribution >= 0.6 is 0 Å². The van der Waals surface area contributed by atoms with E-state index in [2.05, 4.69) is 6.58 Å². The van der Waals surface area contributed by atoms with Crippen LogP contribution in [0.2, 0.25) is 0 Å². The second-order valence-electron chi connectivity index (χ2n) is 0.339.